The SMILES string of the molecule is COc1cccc2c1C1CN(Cc3ccccc3)CC1CO2. The Morgan fingerprint density at radius 1 is 1.09 bits per heavy atom. The Balaban J connectivity index is 1.58. The number of fused-ring (bicyclic) bond motifs is 3. The lowest BCUT2D eigenvalue weighted by Gasteiger charge is -2.29. The summed E-state index contributed by atoms with van der Waals surface area (Å²) >= 11 is 0. The van der Waals surface area contributed by atoms with Crippen LogP contribution in [0.3, 0.4) is 0 Å². The van der Waals surface area contributed by atoms with Gasteiger partial charge in [0.05, 0.1) is 13.7 Å². The molecule has 0 aliphatic carbocycles. The molecule has 1 fully saturated rings. The van der Waals surface area contributed by atoms with Crippen molar-refractivity contribution in [1.29, 1.82) is 0 Å². The summed E-state index contributed by atoms with van der Waals surface area (Å²) in [5.41, 5.74) is 2.64. The van der Waals surface area contributed by atoms with Crippen molar-refractivity contribution in [3.05, 3.63) is 59.7 Å². The molecule has 2 atom stereocenters. The van der Waals surface area contributed by atoms with Crippen LogP contribution in [0.5, 0.6) is 11.5 Å². The van der Waals surface area contributed by atoms with E-state index in [1.807, 2.05) is 12.1 Å². The minimum atomic E-state index is 0.517. The van der Waals surface area contributed by atoms with Gasteiger partial charge in [0, 0.05) is 37.0 Å². The molecule has 2 aromatic rings. The summed E-state index contributed by atoms with van der Waals surface area (Å²) in [6, 6.07) is 16.8. The maximum atomic E-state index is 5.97. The first-order chi connectivity index (χ1) is 10.8. The molecule has 2 unspecified atom stereocenters. The van der Waals surface area contributed by atoms with E-state index in [2.05, 4.69) is 41.3 Å². The Hall–Kier alpha value is -2.00. The summed E-state index contributed by atoms with van der Waals surface area (Å²) in [6.07, 6.45) is 0. The zero-order valence-electron chi connectivity index (χ0n) is 12.9. The zero-order chi connectivity index (χ0) is 14.9. The number of hydrogen-bond donors (Lipinski definition) is 0. The van der Waals surface area contributed by atoms with Crippen molar-refractivity contribution in [2.75, 3.05) is 26.8 Å². The first-order valence-electron chi connectivity index (χ1n) is 7.91. The molecule has 22 heavy (non-hydrogen) atoms. The zero-order valence-corrected chi connectivity index (χ0v) is 12.9. The van der Waals surface area contributed by atoms with Gasteiger partial charge in [0.15, 0.2) is 0 Å². The van der Waals surface area contributed by atoms with E-state index in [1.54, 1.807) is 7.11 Å². The molecule has 2 aromatic carbocycles. The van der Waals surface area contributed by atoms with Crippen LogP contribution in [0.25, 0.3) is 0 Å². The van der Waals surface area contributed by atoms with Gasteiger partial charge in [-0.25, -0.2) is 0 Å². The van der Waals surface area contributed by atoms with E-state index in [9.17, 15) is 0 Å². The van der Waals surface area contributed by atoms with Crippen molar-refractivity contribution >= 4 is 0 Å². The van der Waals surface area contributed by atoms with E-state index in [0.29, 0.717) is 11.8 Å². The predicted molar refractivity (Wildman–Crippen MR) is 86.4 cm³/mol. The maximum absolute atomic E-state index is 5.97. The van der Waals surface area contributed by atoms with E-state index in [1.165, 1.54) is 11.1 Å². The molecule has 0 aromatic heterocycles. The Bertz CT molecular complexity index is 641. The highest BCUT2D eigenvalue weighted by molar-refractivity contribution is 5.49. The molecule has 3 heteroatoms. The minimum absolute atomic E-state index is 0.517. The van der Waals surface area contributed by atoms with Crippen molar-refractivity contribution < 1.29 is 9.47 Å². The molecule has 3 nitrogen and oxygen atoms in total. The summed E-state index contributed by atoms with van der Waals surface area (Å²) in [6.45, 7) is 4.00. The minimum Gasteiger partial charge on any atom is -0.496 e. The van der Waals surface area contributed by atoms with Gasteiger partial charge in [-0.15, -0.1) is 0 Å². The number of benzene rings is 2. The highest BCUT2D eigenvalue weighted by Crippen LogP contribution is 2.46. The smallest absolute Gasteiger partial charge is 0.126 e. The van der Waals surface area contributed by atoms with Gasteiger partial charge in [-0.1, -0.05) is 36.4 Å². The van der Waals surface area contributed by atoms with E-state index in [-0.39, 0.29) is 0 Å². The standard InChI is InChI=1S/C19H21NO2/c1-21-17-8-5-9-18-19(17)16-12-20(11-15(16)13-22-18)10-14-6-3-2-4-7-14/h2-9,15-16H,10-13H2,1H3. The van der Waals surface area contributed by atoms with Gasteiger partial charge in [0.2, 0.25) is 0 Å². The van der Waals surface area contributed by atoms with Crippen molar-refractivity contribution in [2.45, 2.75) is 12.5 Å². The molecule has 114 valence electrons. The summed E-state index contributed by atoms with van der Waals surface area (Å²) in [5, 5.41) is 0. The maximum Gasteiger partial charge on any atom is 0.126 e. The lowest BCUT2D eigenvalue weighted by molar-refractivity contribution is 0.208. The van der Waals surface area contributed by atoms with Crippen LogP contribution in [0.2, 0.25) is 0 Å². The largest absolute Gasteiger partial charge is 0.496 e. The third-order valence-electron chi connectivity index (χ3n) is 4.84. The van der Waals surface area contributed by atoms with Crippen molar-refractivity contribution in [1.82, 2.24) is 4.90 Å². The van der Waals surface area contributed by atoms with Crippen LogP contribution in [0.15, 0.2) is 48.5 Å². The summed E-state index contributed by atoms with van der Waals surface area (Å²) < 4.78 is 11.5. The second-order valence-electron chi connectivity index (χ2n) is 6.23. The third kappa shape index (κ3) is 2.35. The van der Waals surface area contributed by atoms with Crippen LogP contribution in [0, 0.1) is 5.92 Å². The molecule has 1 saturated heterocycles. The monoisotopic (exact) mass is 295 g/mol. The average Bonchev–Trinajstić information content (AvgIpc) is 2.97. The fourth-order valence-corrected chi connectivity index (χ4v) is 3.82. The molecule has 0 amide bonds. The molecule has 0 radical (unpaired) electrons. The van der Waals surface area contributed by atoms with Gasteiger partial charge >= 0.3 is 0 Å². The molecule has 0 spiro atoms. The van der Waals surface area contributed by atoms with Crippen LogP contribution in [-0.4, -0.2) is 31.7 Å². The van der Waals surface area contributed by atoms with Gasteiger partial charge in [0.1, 0.15) is 11.5 Å². The Labute approximate surface area is 131 Å². The fourth-order valence-electron chi connectivity index (χ4n) is 3.82. The molecule has 2 heterocycles. The van der Waals surface area contributed by atoms with Crippen LogP contribution in [-0.2, 0) is 6.54 Å². The first-order valence-corrected chi connectivity index (χ1v) is 7.91. The quantitative estimate of drug-likeness (QED) is 0.867. The Morgan fingerprint density at radius 2 is 1.95 bits per heavy atom. The highest BCUT2D eigenvalue weighted by Gasteiger charge is 2.40. The normalized spacial score (nSPS) is 23.5. The molecule has 2 aliphatic heterocycles. The topological polar surface area (TPSA) is 21.7 Å². The van der Waals surface area contributed by atoms with Gasteiger partial charge in [0.25, 0.3) is 0 Å². The van der Waals surface area contributed by atoms with Crippen molar-refractivity contribution in [2.24, 2.45) is 5.92 Å². The molecule has 4 rings (SSSR count). The van der Waals surface area contributed by atoms with Crippen LogP contribution in [0.1, 0.15) is 17.0 Å². The van der Waals surface area contributed by atoms with E-state index < -0.39 is 0 Å². The Morgan fingerprint density at radius 3 is 2.77 bits per heavy atom. The number of nitrogens with zero attached hydrogens (tertiary/aromatic N) is 1. The summed E-state index contributed by atoms with van der Waals surface area (Å²) in [4.78, 5) is 2.54. The molecule has 0 saturated carbocycles. The van der Waals surface area contributed by atoms with E-state index in [4.69, 9.17) is 9.47 Å². The number of hydrogen-bond acceptors (Lipinski definition) is 3. The molecule has 0 N–H and O–H groups in total. The van der Waals surface area contributed by atoms with Crippen LogP contribution < -0.4 is 9.47 Å². The number of likely N-dealkylation sites (tertiary alicyclic amines) is 1. The predicted octanol–water partition coefficient (Wildman–Crippen LogP) is 3.30. The Kier molecular flexibility index (Phi) is 3.51. The van der Waals surface area contributed by atoms with Crippen LogP contribution in [0.4, 0.5) is 0 Å². The van der Waals surface area contributed by atoms with Gasteiger partial charge < -0.3 is 9.47 Å². The number of ether oxygens (including phenoxy) is 2. The van der Waals surface area contributed by atoms with Crippen LogP contribution >= 0.6 is 0 Å². The molecular formula is C19H21NO2. The molecule has 0 bridgehead atoms. The third-order valence-corrected chi connectivity index (χ3v) is 4.84. The summed E-state index contributed by atoms with van der Waals surface area (Å²) in [7, 11) is 1.75. The van der Waals surface area contributed by atoms with E-state index >= 15 is 0 Å². The lowest BCUT2D eigenvalue weighted by Crippen LogP contribution is -2.25. The lowest BCUT2D eigenvalue weighted by atomic mass is 9.86. The van der Waals surface area contributed by atoms with E-state index in [0.717, 1.165) is 37.7 Å². The highest BCUT2D eigenvalue weighted by atomic mass is 16.5. The molecule has 2 aliphatic rings. The van der Waals surface area contributed by atoms with Gasteiger partial charge in [-0.05, 0) is 17.7 Å². The molecular weight excluding hydrogens is 274 g/mol. The van der Waals surface area contributed by atoms with Gasteiger partial charge in [-0.3, -0.25) is 4.90 Å². The van der Waals surface area contributed by atoms with Gasteiger partial charge in [-0.2, -0.15) is 0 Å². The second kappa shape index (κ2) is 5.65. The average molecular weight is 295 g/mol. The first kappa shape index (κ1) is 13.6. The fraction of sp³-hybridized carbons (Fsp3) is 0.368. The van der Waals surface area contributed by atoms with Crippen molar-refractivity contribution in [3.8, 4) is 11.5 Å². The van der Waals surface area contributed by atoms with Crippen molar-refractivity contribution in [3.63, 3.8) is 0 Å². The number of rotatable bonds is 3. The second-order valence-corrected chi connectivity index (χ2v) is 6.23. The summed E-state index contributed by atoms with van der Waals surface area (Å²) in [5.74, 6) is 3.05. The number of methoxy groups -OCH3 is 1.